The fraction of sp³-hybridized carbons (Fsp3) is 0.143. The van der Waals surface area contributed by atoms with E-state index in [0.29, 0.717) is 0 Å². The molecular weight excluding hydrogens is 362 g/mol. The second-order valence-corrected chi connectivity index (χ2v) is 5.74. The van der Waals surface area contributed by atoms with E-state index in [9.17, 15) is 0 Å². The first-order chi connectivity index (χ1) is 13.5. The van der Waals surface area contributed by atoms with Gasteiger partial charge in [-0.2, -0.15) is 0 Å². The summed E-state index contributed by atoms with van der Waals surface area (Å²) >= 11 is 0. The summed E-state index contributed by atoms with van der Waals surface area (Å²) in [5.74, 6) is -1.87. The lowest BCUT2D eigenvalue weighted by molar-refractivity contribution is -0.159. The van der Waals surface area contributed by atoms with Gasteiger partial charge in [-0.25, -0.2) is 9.59 Å². The Hall–Kier alpha value is -3.74. The molecule has 1 heterocycles. The zero-order valence-electron chi connectivity index (χ0n) is 15.2. The molecule has 7 heteroatoms. The smallest absolute Gasteiger partial charge is 0.414 e. The van der Waals surface area contributed by atoms with Crippen LogP contribution < -0.4 is 10.1 Å². The Kier molecular flexibility index (Phi) is 7.65. The maximum absolute atomic E-state index is 9.10. The van der Waals surface area contributed by atoms with E-state index in [-0.39, 0.29) is 6.04 Å². The summed E-state index contributed by atoms with van der Waals surface area (Å²) in [7, 11) is 1.67. The molecule has 0 radical (unpaired) electrons. The van der Waals surface area contributed by atoms with E-state index in [0.717, 1.165) is 23.6 Å². The van der Waals surface area contributed by atoms with E-state index >= 15 is 0 Å². The van der Waals surface area contributed by atoms with Gasteiger partial charge in [0.2, 0.25) is 0 Å². The Balaban J connectivity index is 0.000000409. The molecule has 0 aliphatic heterocycles. The van der Waals surface area contributed by atoms with E-state index in [1.165, 1.54) is 5.56 Å². The third-order valence-corrected chi connectivity index (χ3v) is 3.78. The van der Waals surface area contributed by atoms with Gasteiger partial charge in [0.25, 0.3) is 0 Å². The standard InChI is InChI=1S/C19H19NO2.C2H2O4/c1-21-17-11-9-16(10-12-17)20-18(19-8-5-13-22-19)14-15-6-3-2-4-7-15;3-1(4)2(5)6/h2-13,18,20H,14H2,1H3;(H,3,4)(H,5,6). The number of methoxy groups -OCH3 is 1. The van der Waals surface area contributed by atoms with Crippen LogP contribution in [0.4, 0.5) is 5.69 Å². The number of nitrogens with one attached hydrogen (secondary N) is 1. The van der Waals surface area contributed by atoms with Gasteiger partial charge in [0.15, 0.2) is 0 Å². The number of furan rings is 1. The Morgan fingerprint density at radius 2 is 1.61 bits per heavy atom. The van der Waals surface area contributed by atoms with E-state index < -0.39 is 11.9 Å². The Bertz CT molecular complexity index is 848. The summed E-state index contributed by atoms with van der Waals surface area (Å²) in [5.41, 5.74) is 2.31. The first-order valence-electron chi connectivity index (χ1n) is 8.43. The first-order valence-corrected chi connectivity index (χ1v) is 8.43. The van der Waals surface area contributed by atoms with Crippen molar-refractivity contribution in [1.29, 1.82) is 0 Å². The van der Waals surface area contributed by atoms with Crippen LogP contribution in [0.2, 0.25) is 0 Å². The molecule has 0 aliphatic carbocycles. The highest BCUT2D eigenvalue weighted by Gasteiger charge is 2.15. The summed E-state index contributed by atoms with van der Waals surface area (Å²) in [5, 5.41) is 18.3. The van der Waals surface area contributed by atoms with Crippen molar-refractivity contribution in [2.24, 2.45) is 0 Å². The fourth-order valence-corrected chi connectivity index (χ4v) is 2.45. The maximum Gasteiger partial charge on any atom is 0.414 e. The molecule has 0 saturated heterocycles. The summed E-state index contributed by atoms with van der Waals surface area (Å²) in [6, 6.07) is 22.3. The van der Waals surface area contributed by atoms with Gasteiger partial charge in [-0.3, -0.25) is 0 Å². The zero-order valence-corrected chi connectivity index (χ0v) is 15.2. The average Bonchev–Trinajstić information content (AvgIpc) is 3.24. The minimum absolute atomic E-state index is 0.0887. The van der Waals surface area contributed by atoms with Crippen LogP contribution in [0.3, 0.4) is 0 Å². The third-order valence-electron chi connectivity index (χ3n) is 3.78. The molecule has 0 amide bonds. The van der Waals surface area contributed by atoms with Gasteiger partial charge in [0.05, 0.1) is 19.4 Å². The molecule has 1 atom stereocenters. The number of aliphatic carboxylic acids is 2. The van der Waals surface area contributed by atoms with Crippen molar-refractivity contribution in [3.05, 3.63) is 84.3 Å². The number of rotatable bonds is 6. The largest absolute Gasteiger partial charge is 0.497 e. The van der Waals surface area contributed by atoms with Crippen LogP contribution in [-0.4, -0.2) is 29.3 Å². The monoisotopic (exact) mass is 383 g/mol. The Morgan fingerprint density at radius 3 is 2.11 bits per heavy atom. The predicted molar refractivity (Wildman–Crippen MR) is 103 cm³/mol. The van der Waals surface area contributed by atoms with Gasteiger partial charge < -0.3 is 24.7 Å². The molecule has 1 aromatic heterocycles. The molecule has 7 nitrogen and oxygen atoms in total. The highest BCUT2D eigenvalue weighted by Crippen LogP contribution is 2.25. The van der Waals surface area contributed by atoms with Crippen molar-refractivity contribution in [2.45, 2.75) is 12.5 Å². The summed E-state index contributed by atoms with van der Waals surface area (Å²) in [4.78, 5) is 18.2. The van der Waals surface area contributed by atoms with Crippen molar-refractivity contribution in [3.63, 3.8) is 0 Å². The average molecular weight is 383 g/mol. The number of benzene rings is 2. The van der Waals surface area contributed by atoms with Crippen LogP contribution >= 0.6 is 0 Å². The number of ether oxygens (including phenoxy) is 1. The van der Waals surface area contributed by atoms with Gasteiger partial charge in [0, 0.05) is 5.69 Å². The van der Waals surface area contributed by atoms with Crippen molar-refractivity contribution in [3.8, 4) is 5.75 Å². The number of carboxylic acids is 2. The second kappa shape index (κ2) is 10.4. The minimum Gasteiger partial charge on any atom is -0.497 e. The molecule has 146 valence electrons. The number of hydrogen-bond donors (Lipinski definition) is 3. The van der Waals surface area contributed by atoms with E-state index in [2.05, 4.69) is 29.6 Å². The SMILES string of the molecule is COc1ccc(NC(Cc2ccccc2)c2ccco2)cc1.O=C(O)C(=O)O. The lowest BCUT2D eigenvalue weighted by Gasteiger charge is -2.18. The van der Waals surface area contributed by atoms with Crippen LogP contribution in [0.15, 0.2) is 77.4 Å². The normalized spacial score (nSPS) is 10.9. The molecule has 28 heavy (non-hydrogen) atoms. The predicted octanol–water partition coefficient (Wildman–Crippen LogP) is 3.84. The van der Waals surface area contributed by atoms with Crippen LogP contribution in [0.25, 0.3) is 0 Å². The molecule has 0 saturated carbocycles. The summed E-state index contributed by atoms with van der Waals surface area (Å²) in [6.45, 7) is 0. The maximum atomic E-state index is 9.10. The Labute approximate surface area is 162 Å². The number of carboxylic acid groups (broad SMARTS) is 2. The van der Waals surface area contributed by atoms with Crippen molar-refractivity contribution >= 4 is 17.6 Å². The molecule has 0 aliphatic rings. The highest BCUT2D eigenvalue weighted by atomic mass is 16.5. The van der Waals surface area contributed by atoms with Crippen molar-refractivity contribution < 1.29 is 29.0 Å². The number of carbonyl (C=O) groups is 2. The molecule has 1 unspecified atom stereocenters. The van der Waals surface area contributed by atoms with Crippen molar-refractivity contribution in [1.82, 2.24) is 0 Å². The molecule has 3 rings (SSSR count). The van der Waals surface area contributed by atoms with E-state index in [1.54, 1.807) is 13.4 Å². The van der Waals surface area contributed by atoms with Crippen molar-refractivity contribution in [2.75, 3.05) is 12.4 Å². The van der Waals surface area contributed by atoms with E-state index in [1.807, 2.05) is 42.5 Å². The fourth-order valence-electron chi connectivity index (χ4n) is 2.45. The number of anilines is 1. The topological polar surface area (TPSA) is 109 Å². The molecule has 2 aromatic carbocycles. The summed E-state index contributed by atoms with van der Waals surface area (Å²) in [6.07, 6.45) is 2.57. The lowest BCUT2D eigenvalue weighted by Crippen LogP contribution is -2.13. The molecule has 3 aromatic rings. The highest BCUT2D eigenvalue weighted by molar-refractivity contribution is 6.27. The van der Waals surface area contributed by atoms with Gasteiger partial charge in [-0.05, 0) is 48.4 Å². The third kappa shape index (κ3) is 6.53. The second-order valence-electron chi connectivity index (χ2n) is 5.74. The van der Waals surface area contributed by atoms with Gasteiger partial charge in [-0.1, -0.05) is 30.3 Å². The quantitative estimate of drug-likeness (QED) is 0.555. The van der Waals surface area contributed by atoms with Gasteiger partial charge in [0.1, 0.15) is 11.5 Å². The van der Waals surface area contributed by atoms with Crippen LogP contribution in [0.1, 0.15) is 17.4 Å². The lowest BCUT2D eigenvalue weighted by atomic mass is 10.0. The molecule has 3 N–H and O–H groups in total. The van der Waals surface area contributed by atoms with Crippen LogP contribution in [-0.2, 0) is 16.0 Å². The first kappa shape index (κ1) is 20.6. The minimum atomic E-state index is -1.82. The molecule has 0 bridgehead atoms. The summed E-state index contributed by atoms with van der Waals surface area (Å²) < 4.78 is 10.8. The van der Waals surface area contributed by atoms with Crippen LogP contribution in [0, 0.1) is 0 Å². The van der Waals surface area contributed by atoms with Gasteiger partial charge in [-0.15, -0.1) is 0 Å². The van der Waals surface area contributed by atoms with Gasteiger partial charge >= 0.3 is 11.9 Å². The Morgan fingerprint density at radius 1 is 0.964 bits per heavy atom. The molecule has 0 spiro atoms. The molecular formula is C21H21NO6. The zero-order chi connectivity index (χ0) is 20.4. The molecule has 0 fully saturated rings. The number of hydrogen-bond acceptors (Lipinski definition) is 5. The van der Waals surface area contributed by atoms with E-state index in [4.69, 9.17) is 29.0 Å². The van der Waals surface area contributed by atoms with Crippen LogP contribution in [0.5, 0.6) is 5.75 Å².